The maximum Gasteiger partial charge on any atom is 0.407 e. The van der Waals surface area contributed by atoms with Gasteiger partial charge in [-0.05, 0) is 32.9 Å². The second-order valence-corrected chi connectivity index (χ2v) is 5.31. The molecule has 0 aliphatic carbocycles. The maximum absolute atomic E-state index is 11.5. The number of rotatable bonds is 5. The number of alkyl carbamates (subject to hydrolysis) is 1. The van der Waals surface area contributed by atoms with Crippen LogP contribution in [-0.4, -0.2) is 24.8 Å². The molecule has 0 unspecified atom stereocenters. The average molecular weight is 302 g/mol. The van der Waals surface area contributed by atoms with Gasteiger partial charge in [-0.25, -0.2) is 4.79 Å². The van der Waals surface area contributed by atoms with Crippen LogP contribution in [0.15, 0.2) is 28.4 Å². The molecule has 0 saturated heterocycles. The van der Waals surface area contributed by atoms with Gasteiger partial charge < -0.3 is 19.8 Å². The van der Waals surface area contributed by atoms with Gasteiger partial charge in [-0.2, -0.15) is 10.5 Å². The minimum Gasteiger partial charge on any atom is -0.463 e. The Labute approximate surface area is 129 Å². The van der Waals surface area contributed by atoms with Gasteiger partial charge >= 0.3 is 6.09 Å². The van der Waals surface area contributed by atoms with Gasteiger partial charge in [0.1, 0.15) is 23.4 Å². The fourth-order valence-electron chi connectivity index (χ4n) is 1.52. The van der Waals surface area contributed by atoms with E-state index in [4.69, 9.17) is 19.7 Å². The van der Waals surface area contributed by atoms with Crippen molar-refractivity contribution in [3.63, 3.8) is 0 Å². The molecule has 0 radical (unpaired) electrons. The van der Waals surface area contributed by atoms with Crippen molar-refractivity contribution >= 4 is 11.8 Å². The lowest BCUT2D eigenvalue weighted by Gasteiger charge is -2.19. The first-order valence-electron chi connectivity index (χ1n) is 6.66. The predicted molar refractivity (Wildman–Crippen MR) is 79.1 cm³/mol. The van der Waals surface area contributed by atoms with Crippen LogP contribution in [0.4, 0.5) is 4.79 Å². The number of nitrogens with zero attached hydrogens (tertiary/aromatic N) is 2. The lowest BCUT2D eigenvalue weighted by atomic mass is 10.2. The molecule has 0 spiro atoms. The van der Waals surface area contributed by atoms with Crippen molar-refractivity contribution in [2.45, 2.75) is 26.4 Å². The highest BCUT2D eigenvalue weighted by Crippen LogP contribution is 2.15. The Bertz CT molecular complexity index is 597. The highest BCUT2D eigenvalue weighted by Gasteiger charge is 2.16. The molecule has 116 valence electrons. The molecule has 22 heavy (non-hydrogen) atoms. The first-order valence-corrected chi connectivity index (χ1v) is 6.66. The van der Waals surface area contributed by atoms with Gasteiger partial charge in [-0.15, -0.1) is 0 Å². The van der Waals surface area contributed by atoms with Crippen LogP contribution in [0, 0.1) is 22.7 Å². The molecule has 0 fully saturated rings. The van der Waals surface area contributed by atoms with E-state index in [0.29, 0.717) is 18.0 Å². The first kappa shape index (κ1) is 17.1. The monoisotopic (exact) mass is 302 g/mol. The largest absolute Gasteiger partial charge is 0.463 e. The molecule has 7 heteroatoms. The molecule has 1 rings (SSSR count). The van der Waals surface area contributed by atoms with E-state index in [2.05, 4.69) is 10.6 Å². The van der Waals surface area contributed by atoms with E-state index >= 15 is 0 Å². The zero-order chi connectivity index (χ0) is 16.6. The summed E-state index contributed by atoms with van der Waals surface area (Å²) in [7, 11) is 0. The van der Waals surface area contributed by atoms with Crippen molar-refractivity contribution in [3.05, 3.63) is 29.7 Å². The van der Waals surface area contributed by atoms with E-state index in [0.717, 1.165) is 0 Å². The third-order valence-corrected chi connectivity index (χ3v) is 2.34. The molecular weight excluding hydrogens is 284 g/mol. The zero-order valence-electron chi connectivity index (χ0n) is 12.8. The Kier molecular flexibility index (Phi) is 6.03. The molecule has 0 bridgehead atoms. The number of ether oxygens (including phenoxy) is 1. The number of amides is 1. The van der Waals surface area contributed by atoms with Crippen LogP contribution in [0.3, 0.4) is 0 Å². The Balaban J connectivity index is 2.58. The van der Waals surface area contributed by atoms with E-state index in [1.54, 1.807) is 45.0 Å². The summed E-state index contributed by atoms with van der Waals surface area (Å²) in [5, 5.41) is 23.4. The van der Waals surface area contributed by atoms with Crippen molar-refractivity contribution in [1.29, 1.82) is 10.5 Å². The topological polar surface area (TPSA) is 111 Å². The normalized spacial score (nSPS) is 10.0. The zero-order valence-corrected chi connectivity index (χ0v) is 12.8. The van der Waals surface area contributed by atoms with E-state index in [-0.39, 0.29) is 12.1 Å². The average Bonchev–Trinajstić information content (AvgIpc) is 2.94. The van der Waals surface area contributed by atoms with E-state index in [1.165, 1.54) is 6.26 Å². The molecule has 1 aromatic heterocycles. The Morgan fingerprint density at radius 1 is 1.27 bits per heavy atom. The second kappa shape index (κ2) is 7.75. The molecule has 0 aromatic carbocycles. The summed E-state index contributed by atoms with van der Waals surface area (Å²) in [5.41, 5.74) is -0.362. The molecule has 7 nitrogen and oxygen atoms in total. The summed E-state index contributed by atoms with van der Waals surface area (Å²) in [6, 6.07) is 6.90. The number of nitriles is 2. The van der Waals surface area contributed by atoms with Crippen LogP contribution in [0.5, 0.6) is 0 Å². The van der Waals surface area contributed by atoms with E-state index in [9.17, 15) is 4.79 Å². The van der Waals surface area contributed by atoms with Crippen LogP contribution in [0.2, 0.25) is 0 Å². The third-order valence-electron chi connectivity index (χ3n) is 2.34. The summed E-state index contributed by atoms with van der Waals surface area (Å²) < 4.78 is 10.3. The van der Waals surface area contributed by atoms with Crippen molar-refractivity contribution in [3.8, 4) is 12.1 Å². The highest BCUT2D eigenvalue weighted by molar-refractivity contribution is 5.71. The SMILES string of the molecule is CC(C)(C)OC(=O)NCCNC(=C(C#N)C#N)c1ccco1. The van der Waals surface area contributed by atoms with E-state index in [1.807, 2.05) is 0 Å². The number of carbonyl (C=O) groups is 1. The van der Waals surface area contributed by atoms with Crippen molar-refractivity contribution < 1.29 is 13.9 Å². The van der Waals surface area contributed by atoms with Crippen LogP contribution in [0.25, 0.3) is 5.70 Å². The van der Waals surface area contributed by atoms with Gasteiger partial charge in [0.15, 0.2) is 11.3 Å². The maximum atomic E-state index is 11.5. The van der Waals surface area contributed by atoms with Crippen molar-refractivity contribution in [2.24, 2.45) is 0 Å². The lowest BCUT2D eigenvalue weighted by molar-refractivity contribution is 0.0529. The third kappa shape index (κ3) is 5.59. The van der Waals surface area contributed by atoms with Gasteiger partial charge in [0.2, 0.25) is 0 Å². The van der Waals surface area contributed by atoms with Gasteiger partial charge in [0, 0.05) is 13.1 Å². The van der Waals surface area contributed by atoms with Gasteiger partial charge in [-0.1, -0.05) is 0 Å². The first-order chi connectivity index (χ1) is 10.4. The van der Waals surface area contributed by atoms with E-state index < -0.39 is 11.7 Å². The number of nitrogens with one attached hydrogen (secondary N) is 2. The Hall–Kier alpha value is -2.93. The number of carbonyl (C=O) groups excluding carboxylic acids is 1. The quantitative estimate of drug-likeness (QED) is 0.637. The molecule has 0 atom stereocenters. The highest BCUT2D eigenvalue weighted by atomic mass is 16.6. The fourth-order valence-corrected chi connectivity index (χ4v) is 1.52. The molecule has 0 aliphatic rings. The fraction of sp³-hybridized carbons (Fsp3) is 0.400. The van der Waals surface area contributed by atoms with Crippen LogP contribution in [-0.2, 0) is 4.74 Å². The molecule has 1 aromatic rings. The second-order valence-electron chi connectivity index (χ2n) is 5.31. The van der Waals surface area contributed by atoms with Crippen molar-refractivity contribution in [2.75, 3.05) is 13.1 Å². The number of hydrogen-bond donors (Lipinski definition) is 2. The van der Waals surface area contributed by atoms with Gasteiger partial charge in [0.25, 0.3) is 0 Å². The van der Waals surface area contributed by atoms with Crippen LogP contribution in [0.1, 0.15) is 26.5 Å². The minimum atomic E-state index is -0.564. The molecule has 1 heterocycles. The van der Waals surface area contributed by atoms with Crippen LogP contribution >= 0.6 is 0 Å². The summed E-state index contributed by atoms with van der Waals surface area (Å²) in [6.45, 7) is 5.89. The minimum absolute atomic E-state index is 0.0905. The lowest BCUT2D eigenvalue weighted by Crippen LogP contribution is -2.36. The number of furan rings is 1. The number of hydrogen-bond acceptors (Lipinski definition) is 6. The Morgan fingerprint density at radius 3 is 2.41 bits per heavy atom. The smallest absolute Gasteiger partial charge is 0.407 e. The van der Waals surface area contributed by atoms with Crippen LogP contribution < -0.4 is 10.6 Å². The van der Waals surface area contributed by atoms with Gasteiger partial charge in [0.05, 0.1) is 6.26 Å². The van der Waals surface area contributed by atoms with Gasteiger partial charge in [-0.3, -0.25) is 0 Å². The Morgan fingerprint density at radius 2 is 1.91 bits per heavy atom. The predicted octanol–water partition coefficient (Wildman–Crippen LogP) is 2.15. The summed E-state index contributed by atoms with van der Waals surface area (Å²) in [6.07, 6.45) is 0.918. The molecule has 2 N–H and O–H groups in total. The summed E-state index contributed by atoms with van der Waals surface area (Å²) in [5.74, 6) is 0.385. The molecular formula is C15H18N4O3. The number of allylic oxidation sites excluding steroid dienone is 1. The molecule has 1 amide bonds. The summed E-state index contributed by atoms with van der Waals surface area (Å²) in [4.78, 5) is 11.5. The summed E-state index contributed by atoms with van der Waals surface area (Å²) >= 11 is 0. The molecule has 0 aliphatic heterocycles. The van der Waals surface area contributed by atoms with Crippen molar-refractivity contribution in [1.82, 2.24) is 10.6 Å². The standard InChI is InChI=1S/C15H18N4O3/c1-15(2,3)22-14(20)19-7-6-18-13(11(9-16)10-17)12-5-4-8-21-12/h4-5,8,18H,6-7H2,1-3H3,(H,19,20). The molecule has 0 saturated carbocycles.